The van der Waals surface area contributed by atoms with E-state index in [2.05, 4.69) is 15.6 Å². The molecule has 2 rings (SSSR count). The Morgan fingerprint density at radius 3 is 3.00 bits per heavy atom. The van der Waals surface area contributed by atoms with Crippen LogP contribution in [0.2, 0.25) is 0 Å². The minimum Gasteiger partial charge on any atom is -0.459 e. The standard InChI is InChI=1S/C10H16N4O2/c11-13-10(15)9-8(1-6-16-9)7-14-4-2-12-3-5-14/h1,6,12H,2-5,7,11H2,(H,13,15). The highest BCUT2D eigenvalue weighted by Gasteiger charge is 2.17. The fourth-order valence-electron chi connectivity index (χ4n) is 1.84. The molecule has 6 heteroatoms. The van der Waals surface area contributed by atoms with Gasteiger partial charge in [-0.25, -0.2) is 5.84 Å². The molecular weight excluding hydrogens is 208 g/mol. The van der Waals surface area contributed by atoms with Gasteiger partial charge in [-0.1, -0.05) is 0 Å². The number of carbonyl (C=O) groups is 1. The summed E-state index contributed by atoms with van der Waals surface area (Å²) in [6.07, 6.45) is 1.52. The minimum atomic E-state index is -0.380. The van der Waals surface area contributed by atoms with Crippen molar-refractivity contribution in [2.24, 2.45) is 5.84 Å². The van der Waals surface area contributed by atoms with E-state index in [-0.39, 0.29) is 5.91 Å². The highest BCUT2D eigenvalue weighted by molar-refractivity contribution is 5.92. The van der Waals surface area contributed by atoms with Crippen LogP contribution in [0.1, 0.15) is 16.1 Å². The Hall–Kier alpha value is -1.37. The quantitative estimate of drug-likeness (QED) is 0.359. The van der Waals surface area contributed by atoms with Crippen LogP contribution in [0.15, 0.2) is 16.7 Å². The Morgan fingerprint density at radius 1 is 1.56 bits per heavy atom. The molecule has 0 aliphatic carbocycles. The molecule has 1 aromatic rings. The van der Waals surface area contributed by atoms with E-state index >= 15 is 0 Å². The third-order valence-electron chi connectivity index (χ3n) is 2.69. The van der Waals surface area contributed by atoms with E-state index in [0.717, 1.165) is 38.3 Å². The van der Waals surface area contributed by atoms with Gasteiger partial charge in [-0.05, 0) is 6.07 Å². The number of rotatable bonds is 3. The average Bonchev–Trinajstić information content (AvgIpc) is 2.77. The molecule has 1 amide bonds. The van der Waals surface area contributed by atoms with Crippen molar-refractivity contribution in [3.05, 3.63) is 23.7 Å². The van der Waals surface area contributed by atoms with Crippen LogP contribution in [0.5, 0.6) is 0 Å². The predicted octanol–water partition coefficient (Wildman–Crippen LogP) is -0.712. The van der Waals surface area contributed by atoms with Crippen molar-refractivity contribution in [2.75, 3.05) is 26.2 Å². The van der Waals surface area contributed by atoms with Crippen LogP contribution in [-0.2, 0) is 6.54 Å². The molecule has 6 nitrogen and oxygen atoms in total. The van der Waals surface area contributed by atoms with Crippen LogP contribution < -0.4 is 16.6 Å². The van der Waals surface area contributed by atoms with Gasteiger partial charge < -0.3 is 9.73 Å². The fraction of sp³-hybridized carbons (Fsp3) is 0.500. The summed E-state index contributed by atoms with van der Waals surface area (Å²) in [5.74, 6) is 5.01. The lowest BCUT2D eigenvalue weighted by Crippen LogP contribution is -2.43. The number of carbonyl (C=O) groups excluding carboxylic acids is 1. The molecule has 0 spiro atoms. The summed E-state index contributed by atoms with van der Waals surface area (Å²) in [5.41, 5.74) is 2.96. The number of piperazine rings is 1. The molecule has 0 aromatic carbocycles. The van der Waals surface area contributed by atoms with Gasteiger partial charge in [-0.2, -0.15) is 0 Å². The van der Waals surface area contributed by atoms with Crippen LogP contribution in [0.3, 0.4) is 0 Å². The second kappa shape index (κ2) is 5.11. The first-order chi connectivity index (χ1) is 7.81. The van der Waals surface area contributed by atoms with Gasteiger partial charge in [0.15, 0.2) is 5.76 Å². The molecule has 0 radical (unpaired) electrons. The second-order valence-corrected chi connectivity index (χ2v) is 3.77. The average molecular weight is 224 g/mol. The molecular formula is C10H16N4O2. The van der Waals surface area contributed by atoms with Crippen LogP contribution in [0.4, 0.5) is 0 Å². The number of furan rings is 1. The highest BCUT2D eigenvalue weighted by Crippen LogP contribution is 2.13. The number of amides is 1. The summed E-state index contributed by atoms with van der Waals surface area (Å²) >= 11 is 0. The van der Waals surface area contributed by atoms with Crippen LogP contribution >= 0.6 is 0 Å². The van der Waals surface area contributed by atoms with E-state index in [1.54, 1.807) is 0 Å². The zero-order valence-corrected chi connectivity index (χ0v) is 9.03. The fourth-order valence-corrected chi connectivity index (χ4v) is 1.84. The summed E-state index contributed by atoms with van der Waals surface area (Å²) in [7, 11) is 0. The number of hydrogen-bond donors (Lipinski definition) is 3. The molecule has 16 heavy (non-hydrogen) atoms. The van der Waals surface area contributed by atoms with Crippen LogP contribution in [-0.4, -0.2) is 37.0 Å². The van der Waals surface area contributed by atoms with E-state index in [0.29, 0.717) is 5.76 Å². The van der Waals surface area contributed by atoms with Crippen molar-refractivity contribution in [1.82, 2.24) is 15.6 Å². The van der Waals surface area contributed by atoms with E-state index in [1.807, 2.05) is 6.07 Å². The number of hydrogen-bond acceptors (Lipinski definition) is 5. The lowest BCUT2D eigenvalue weighted by molar-refractivity contribution is 0.0922. The van der Waals surface area contributed by atoms with Gasteiger partial charge in [0.25, 0.3) is 0 Å². The number of nitrogens with zero attached hydrogens (tertiary/aromatic N) is 1. The summed E-state index contributed by atoms with van der Waals surface area (Å²) in [6, 6.07) is 1.81. The largest absolute Gasteiger partial charge is 0.459 e. The van der Waals surface area contributed by atoms with Crippen LogP contribution in [0, 0.1) is 0 Å². The molecule has 4 N–H and O–H groups in total. The van der Waals surface area contributed by atoms with Gasteiger partial charge >= 0.3 is 5.91 Å². The first-order valence-electron chi connectivity index (χ1n) is 5.31. The first kappa shape index (κ1) is 11.1. The SMILES string of the molecule is NNC(=O)c1occc1CN1CCNCC1. The maximum atomic E-state index is 11.4. The zero-order valence-electron chi connectivity index (χ0n) is 9.03. The number of nitrogen functional groups attached to an aromatic ring is 1. The number of nitrogens with two attached hydrogens (primary N) is 1. The monoisotopic (exact) mass is 224 g/mol. The van der Waals surface area contributed by atoms with Gasteiger partial charge in [-0.3, -0.25) is 15.1 Å². The zero-order chi connectivity index (χ0) is 11.4. The van der Waals surface area contributed by atoms with Gasteiger partial charge in [0, 0.05) is 38.3 Å². The van der Waals surface area contributed by atoms with Gasteiger partial charge in [0.1, 0.15) is 0 Å². The molecule has 0 unspecified atom stereocenters. The molecule has 1 aromatic heterocycles. The Labute approximate surface area is 93.7 Å². The van der Waals surface area contributed by atoms with Crippen molar-refractivity contribution in [1.29, 1.82) is 0 Å². The maximum Gasteiger partial charge on any atom is 0.301 e. The van der Waals surface area contributed by atoms with Gasteiger partial charge in [0.05, 0.1) is 6.26 Å². The second-order valence-electron chi connectivity index (χ2n) is 3.77. The normalized spacial score (nSPS) is 17.3. The summed E-state index contributed by atoms with van der Waals surface area (Å²) in [4.78, 5) is 13.6. The Balaban J connectivity index is 2.03. The highest BCUT2D eigenvalue weighted by atomic mass is 16.3. The maximum absolute atomic E-state index is 11.4. The van der Waals surface area contributed by atoms with E-state index < -0.39 is 0 Å². The Morgan fingerprint density at radius 2 is 2.31 bits per heavy atom. The van der Waals surface area contributed by atoms with Gasteiger partial charge in [0.2, 0.25) is 0 Å². The number of nitrogens with one attached hydrogen (secondary N) is 2. The van der Waals surface area contributed by atoms with E-state index in [4.69, 9.17) is 10.3 Å². The Bertz CT molecular complexity index is 357. The minimum absolute atomic E-state index is 0.307. The van der Waals surface area contributed by atoms with Gasteiger partial charge in [-0.15, -0.1) is 0 Å². The molecule has 1 aliphatic rings. The lowest BCUT2D eigenvalue weighted by atomic mass is 10.2. The summed E-state index contributed by atoms with van der Waals surface area (Å²) < 4.78 is 5.12. The first-order valence-corrected chi connectivity index (χ1v) is 5.31. The molecule has 0 bridgehead atoms. The van der Waals surface area contributed by atoms with Crippen molar-refractivity contribution < 1.29 is 9.21 Å². The van der Waals surface area contributed by atoms with Crippen molar-refractivity contribution in [3.63, 3.8) is 0 Å². The Kier molecular flexibility index (Phi) is 3.55. The third-order valence-corrected chi connectivity index (χ3v) is 2.69. The van der Waals surface area contributed by atoms with Crippen molar-refractivity contribution >= 4 is 5.91 Å². The summed E-state index contributed by atoms with van der Waals surface area (Å²) in [6.45, 7) is 4.65. The molecule has 88 valence electrons. The van der Waals surface area contributed by atoms with Crippen molar-refractivity contribution in [3.8, 4) is 0 Å². The molecule has 1 aliphatic heterocycles. The van der Waals surface area contributed by atoms with Crippen molar-refractivity contribution in [2.45, 2.75) is 6.54 Å². The molecule has 0 atom stereocenters. The van der Waals surface area contributed by atoms with E-state index in [9.17, 15) is 4.79 Å². The topological polar surface area (TPSA) is 83.5 Å². The summed E-state index contributed by atoms with van der Waals surface area (Å²) in [5, 5.41) is 3.28. The predicted molar refractivity (Wildman–Crippen MR) is 58.5 cm³/mol. The number of hydrazine groups is 1. The third kappa shape index (κ3) is 2.41. The lowest BCUT2D eigenvalue weighted by Gasteiger charge is -2.26. The molecule has 0 saturated carbocycles. The molecule has 2 heterocycles. The van der Waals surface area contributed by atoms with Crippen LogP contribution in [0.25, 0.3) is 0 Å². The smallest absolute Gasteiger partial charge is 0.301 e. The molecule has 1 saturated heterocycles. The molecule has 1 fully saturated rings. The van der Waals surface area contributed by atoms with E-state index in [1.165, 1.54) is 6.26 Å².